The number of rotatable bonds is 16. The summed E-state index contributed by atoms with van der Waals surface area (Å²) in [6.45, 7) is 23.6. The molecule has 0 aliphatic carbocycles. The smallest absolute Gasteiger partial charge is 0.191 e. The molecule has 2 aliphatic rings. The Balaban J connectivity index is 0.000000194. The highest BCUT2D eigenvalue weighted by atomic mass is 79.9. The molecule has 2 aliphatic heterocycles. The van der Waals surface area contributed by atoms with Crippen LogP contribution in [0.4, 0.5) is 20.2 Å². The van der Waals surface area contributed by atoms with Crippen LogP contribution in [0.2, 0.25) is 18.1 Å². The molecule has 0 bridgehead atoms. The van der Waals surface area contributed by atoms with Crippen LogP contribution in [0.25, 0.3) is 0 Å². The van der Waals surface area contributed by atoms with Crippen molar-refractivity contribution in [3.8, 4) is 0 Å². The van der Waals surface area contributed by atoms with E-state index >= 15 is 4.39 Å². The summed E-state index contributed by atoms with van der Waals surface area (Å²) in [5, 5.41) is 0.328. The van der Waals surface area contributed by atoms with Crippen molar-refractivity contribution in [1.82, 2.24) is 0 Å². The zero-order chi connectivity index (χ0) is 51.7. The van der Waals surface area contributed by atoms with E-state index in [9.17, 15) is 4.39 Å². The van der Waals surface area contributed by atoms with Gasteiger partial charge in [-0.15, -0.1) is 6.58 Å². The Morgan fingerprint density at radius 3 is 1.43 bits per heavy atom. The number of unbranched alkanes of at least 4 members (excludes halogenated alkanes) is 2. The summed E-state index contributed by atoms with van der Waals surface area (Å²) in [6, 6.07) is 42.8. The van der Waals surface area contributed by atoms with Crippen molar-refractivity contribution in [3.05, 3.63) is 212 Å². The number of halogens is 3. The Bertz CT molecular complexity index is 2640. The molecule has 6 aromatic carbocycles. The summed E-state index contributed by atoms with van der Waals surface area (Å²) in [4.78, 5) is 9.94. The highest BCUT2D eigenvalue weighted by molar-refractivity contribution is 9.10. The molecule has 0 saturated carbocycles. The molecule has 2 fully saturated rings. The maximum atomic E-state index is 15.1. The first kappa shape index (κ1) is 56.1. The first-order valence-electron chi connectivity index (χ1n) is 25.1. The average molecular weight is 1060 g/mol. The molecule has 72 heavy (non-hydrogen) atoms. The lowest BCUT2D eigenvalue weighted by Gasteiger charge is -2.36. The number of aliphatic imine (C=N–C) groups is 2. The molecule has 0 N–H and O–H groups in total. The normalized spacial score (nSPS) is 13.9. The molecule has 8 rings (SSSR count). The number of hydrogen-bond acceptors (Lipinski definition) is 7. The van der Waals surface area contributed by atoms with E-state index in [2.05, 4.69) is 63.3 Å². The van der Waals surface area contributed by atoms with E-state index < -0.39 is 20.9 Å². The van der Waals surface area contributed by atoms with Crippen LogP contribution in [-0.2, 0) is 29.8 Å². The fourth-order valence-electron chi connectivity index (χ4n) is 7.96. The Morgan fingerprint density at radius 1 is 0.653 bits per heavy atom. The molecule has 0 unspecified atom stereocenters. The van der Waals surface area contributed by atoms with Crippen molar-refractivity contribution in [1.29, 1.82) is 0 Å². The standard InChI is InChI=1S/C28H30FNO2.C23H19BrFNO2.C10H22OSi/c1-3-4-7-16-23-20(2)24(29)19-25(26(23)28-31-17-18-32-28)30-27(21-12-8-5-9-13-21)22-14-10-6-11-15-22;1-15-18(25)14-19(20(21(15)24)23-27-12-13-28-23)26-22(16-8-4-2-5-9-16)17-10-6-3-7-11-17;1-7-8-9-11-12(5,6)10(2,3)4/h5-6,8-15,19,28H,3-4,7,16-18H2,1-2H3;2-11,14,23H,12-13H2,1H3;7H,1,8-9H2,2-6H3. The topological polar surface area (TPSA) is 70.9 Å². The first-order valence-corrected chi connectivity index (χ1v) is 28.8. The second-order valence-corrected chi connectivity index (χ2v) is 24.9. The van der Waals surface area contributed by atoms with E-state index in [4.69, 9.17) is 33.4 Å². The Morgan fingerprint density at radius 2 is 1.04 bits per heavy atom. The molecular formula is C61H71BrF2N2O5Si. The molecule has 11 heteroatoms. The van der Waals surface area contributed by atoms with Gasteiger partial charge in [-0.25, -0.2) is 18.8 Å². The van der Waals surface area contributed by atoms with E-state index in [-0.39, 0.29) is 11.6 Å². The number of ether oxygens (including phenoxy) is 4. The molecule has 7 nitrogen and oxygen atoms in total. The van der Waals surface area contributed by atoms with Gasteiger partial charge in [-0.3, -0.25) is 0 Å². The van der Waals surface area contributed by atoms with Gasteiger partial charge in [0, 0.05) is 56.6 Å². The van der Waals surface area contributed by atoms with Gasteiger partial charge in [0.15, 0.2) is 20.9 Å². The van der Waals surface area contributed by atoms with Gasteiger partial charge < -0.3 is 23.4 Å². The van der Waals surface area contributed by atoms with E-state index in [1.807, 2.05) is 134 Å². The molecule has 0 amide bonds. The molecule has 0 spiro atoms. The Kier molecular flexibility index (Phi) is 21.1. The zero-order valence-electron chi connectivity index (χ0n) is 43.3. The van der Waals surface area contributed by atoms with E-state index in [1.54, 1.807) is 6.92 Å². The highest BCUT2D eigenvalue weighted by Crippen LogP contribution is 2.42. The second-order valence-electron chi connectivity index (χ2n) is 19.3. The lowest BCUT2D eigenvalue weighted by atomic mass is 9.93. The monoisotopic (exact) mass is 1060 g/mol. The quantitative estimate of drug-likeness (QED) is 0.0418. The molecule has 2 saturated heterocycles. The van der Waals surface area contributed by atoms with Gasteiger partial charge in [-0.1, -0.05) is 168 Å². The average Bonchev–Trinajstić information content (AvgIpc) is 4.13. The van der Waals surface area contributed by atoms with Crippen LogP contribution in [0.3, 0.4) is 0 Å². The Hall–Kier alpha value is -5.24. The van der Waals surface area contributed by atoms with Crippen LogP contribution in [0.5, 0.6) is 0 Å². The Labute approximate surface area is 436 Å². The fourth-order valence-corrected chi connectivity index (χ4v) is 9.60. The molecule has 0 atom stereocenters. The van der Waals surface area contributed by atoms with Crippen LogP contribution in [0.15, 0.2) is 161 Å². The fraction of sp³-hybridized carbons (Fsp3) is 0.344. The summed E-state index contributed by atoms with van der Waals surface area (Å²) in [6.07, 6.45) is 5.77. The van der Waals surface area contributed by atoms with Crippen molar-refractivity contribution in [2.75, 3.05) is 33.0 Å². The third-order valence-corrected chi connectivity index (χ3v) is 18.7. The van der Waals surface area contributed by atoms with Gasteiger partial charge in [0.2, 0.25) is 0 Å². The van der Waals surface area contributed by atoms with Crippen LogP contribution in [-0.4, -0.2) is 52.8 Å². The van der Waals surface area contributed by atoms with E-state index in [0.717, 1.165) is 83.5 Å². The second kappa shape index (κ2) is 27.2. The minimum Gasteiger partial charge on any atom is -0.417 e. The van der Waals surface area contributed by atoms with Crippen LogP contribution < -0.4 is 0 Å². The maximum Gasteiger partial charge on any atom is 0.191 e. The first-order chi connectivity index (χ1) is 34.6. The van der Waals surface area contributed by atoms with Crippen molar-refractivity contribution in [2.24, 2.45) is 9.98 Å². The zero-order valence-corrected chi connectivity index (χ0v) is 45.9. The van der Waals surface area contributed by atoms with Crippen LogP contribution in [0.1, 0.15) is 116 Å². The highest BCUT2D eigenvalue weighted by Gasteiger charge is 2.37. The van der Waals surface area contributed by atoms with E-state index in [0.29, 0.717) is 64.0 Å². The summed E-state index contributed by atoms with van der Waals surface area (Å²) >= 11 is 3.53. The van der Waals surface area contributed by atoms with Gasteiger partial charge in [-0.05, 0) is 83.9 Å². The summed E-state index contributed by atoms with van der Waals surface area (Å²) in [5.41, 5.74) is 10.2. The third-order valence-electron chi connectivity index (χ3n) is 13.1. The van der Waals surface area contributed by atoms with Crippen molar-refractivity contribution < 1.29 is 32.2 Å². The van der Waals surface area contributed by atoms with Gasteiger partial charge in [0.1, 0.15) is 11.6 Å². The predicted octanol–water partition coefficient (Wildman–Crippen LogP) is 16.8. The van der Waals surface area contributed by atoms with Crippen LogP contribution in [0, 0.1) is 25.5 Å². The molecule has 380 valence electrons. The SMILES string of the molecule is C=CCCO[Si](C)(C)C(C)(C)C.CCCCCc1c(C)c(F)cc(N=C(c2ccccc2)c2ccccc2)c1C1OCCO1.Cc1c(F)cc(N=C(c2ccccc2)c2ccccc2)c(C2OCCO2)c1Br. The lowest BCUT2D eigenvalue weighted by molar-refractivity contribution is -0.0445. The summed E-state index contributed by atoms with van der Waals surface area (Å²) < 4.78 is 59.4. The molecule has 0 radical (unpaired) electrons. The third kappa shape index (κ3) is 14.9. The van der Waals surface area contributed by atoms with Crippen molar-refractivity contribution in [3.63, 3.8) is 0 Å². The van der Waals surface area contributed by atoms with Crippen molar-refractivity contribution in [2.45, 2.75) is 104 Å². The largest absolute Gasteiger partial charge is 0.417 e. The molecule has 0 aromatic heterocycles. The number of nitrogens with zero attached hydrogens (tertiary/aromatic N) is 2. The predicted molar refractivity (Wildman–Crippen MR) is 297 cm³/mol. The molecule has 2 heterocycles. The minimum absolute atomic E-state index is 0.238. The number of benzene rings is 6. The van der Waals surface area contributed by atoms with Gasteiger partial charge >= 0.3 is 0 Å². The van der Waals surface area contributed by atoms with Gasteiger partial charge in [0.25, 0.3) is 0 Å². The van der Waals surface area contributed by atoms with Crippen LogP contribution >= 0.6 is 15.9 Å². The summed E-state index contributed by atoms with van der Waals surface area (Å²) in [5.74, 6) is -0.565. The van der Waals surface area contributed by atoms with Gasteiger partial charge in [-0.2, -0.15) is 0 Å². The molecule has 6 aromatic rings. The molecular weight excluding hydrogens is 987 g/mol. The van der Waals surface area contributed by atoms with Crippen molar-refractivity contribution >= 4 is 47.0 Å². The maximum absolute atomic E-state index is 15.1. The minimum atomic E-state index is -1.49. The number of hydrogen-bond donors (Lipinski definition) is 0. The van der Waals surface area contributed by atoms with E-state index in [1.165, 1.54) is 12.1 Å². The van der Waals surface area contributed by atoms with Gasteiger partial charge in [0.05, 0.1) is 49.2 Å². The summed E-state index contributed by atoms with van der Waals surface area (Å²) in [7, 11) is -1.49. The lowest BCUT2D eigenvalue weighted by Crippen LogP contribution is -2.40.